The van der Waals surface area contributed by atoms with Crippen LogP contribution in [0.25, 0.3) is 67.1 Å². The molecule has 0 spiro atoms. The Labute approximate surface area is 384 Å². The number of aromatic nitrogens is 12. The van der Waals surface area contributed by atoms with Gasteiger partial charge in [0.1, 0.15) is 11.4 Å². The fourth-order valence-electron chi connectivity index (χ4n) is 9.48. The van der Waals surface area contributed by atoms with Crippen molar-refractivity contribution in [1.82, 2.24) is 60.7 Å². The number of hydrogen-bond donors (Lipinski definition) is 6. The molecule has 0 aliphatic carbocycles. The summed E-state index contributed by atoms with van der Waals surface area (Å²) in [7, 11) is 0. The van der Waals surface area contributed by atoms with E-state index in [2.05, 4.69) is 50.8 Å². The van der Waals surface area contributed by atoms with Crippen LogP contribution in [0.1, 0.15) is 63.7 Å². The molecule has 0 saturated heterocycles. The van der Waals surface area contributed by atoms with Gasteiger partial charge in [-0.2, -0.15) is 20.4 Å². The van der Waals surface area contributed by atoms with E-state index in [1.165, 1.54) is 36.7 Å². The van der Waals surface area contributed by atoms with E-state index in [0.717, 1.165) is 66.8 Å². The molecule has 336 valence electrons. The van der Waals surface area contributed by atoms with Crippen molar-refractivity contribution in [3.8, 4) is 56.8 Å². The minimum Gasteiger partial charge on any atom is -0.505 e. The van der Waals surface area contributed by atoms with E-state index in [9.17, 15) is 23.8 Å². The molecule has 0 atom stereocenters. The van der Waals surface area contributed by atoms with Crippen LogP contribution >= 0.6 is 0 Å². The number of ketones is 1. The van der Waals surface area contributed by atoms with Gasteiger partial charge in [0.15, 0.2) is 46.4 Å². The van der Waals surface area contributed by atoms with Crippen LogP contribution < -0.4 is 9.80 Å². The first-order chi connectivity index (χ1) is 33.1. The number of rotatable bonds is 10. The number of aromatic amines is 4. The van der Waals surface area contributed by atoms with Gasteiger partial charge in [-0.1, -0.05) is 26.0 Å². The topological polar surface area (TPSA) is 230 Å². The summed E-state index contributed by atoms with van der Waals surface area (Å²) >= 11 is 0. The highest BCUT2D eigenvalue weighted by atomic mass is 19.1. The Morgan fingerprint density at radius 2 is 1.07 bits per heavy atom. The van der Waals surface area contributed by atoms with Gasteiger partial charge in [-0.05, 0) is 107 Å². The lowest BCUT2D eigenvalue weighted by Gasteiger charge is -2.21. The molecule has 4 aromatic carbocycles. The molecule has 2 aliphatic rings. The van der Waals surface area contributed by atoms with Crippen molar-refractivity contribution in [2.45, 2.75) is 52.9 Å². The lowest BCUT2D eigenvalue weighted by atomic mass is 9.96. The van der Waals surface area contributed by atoms with E-state index >= 15 is 0 Å². The Bertz CT molecular complexity index is 3400. The number of phenolic OH excluding ortho intramolecular Hbond substituents is 2. The van der Waals surface area contributed by atoms with E-state index < -0.39 is 11.6 Å². The number of H-pyrrole nitrogens is 4. The average molecular weight is 909 g/mol. The van der Waals surface area contributed by atoms with Crippen LogP contribution in [0, 0.1) is 11.6 Å². The predicted octanol–water partition coefficient (Wildman–Crippen LogP) is 8.22. The summed E-state index contributed by atoms with van der Waals surface area (Å²) in [5, 5.41) is 54.1. The van der Waals surface area contributed by atoms with E-state index in [1.54, 1.807) is 12.1 Å². The second-order valence-corrected chi connectivity index (χ2v) is 16.9. The number of nitrogens with zero attached hydrogens (tertiary/aromatic N) is 10. The SMILES string of the molecule is CCc1cc(O)c(F)cc1-c1ccc2c(-c3nc4c([nH]3)CN(c3nnccc3C(=O)c3ccnnc3N3Cc5nc(-c6n[nH]c7cc(-c8cc(F)c(O)cc8CC)ccc67)[nH]c5C3)C4)n[nH]c2c1. The van der Waals surface area contributed by atoms with Crippen molar-refractivity contribution >= 4 is 39.2 Å². The summed E-state index contributed by atoms with van der Waals surface area (Å²) in [6, 6.07) is 20.4. The molecule has 0 unspecified atom stereocenters. The number of anilines is 2. The molecule has 10 aromatic rings. The Morgan fingerprint density at radius 1 is 0.618 bits per heavy atom. The number of nitrogens with one attached hydrogen (secondary N) is 4. The van der Waals surface area contributed by atoms with Crippen LogP contribution in [0.3, 0.4) is 0 Å². The van der Waals surface area contributed by atoms with Crippen molar-refractivity contribution < 1.29 is 23.8 Å². The van der Waals surface area contributed by atoms with Crippen LogP contribution in [-0.4, -0.2) is 76.7 Å². The Kier molecular flexibility index (Phi) is 9.35. The van der Waals surface area contributed by atoms with E-state index in [0.29, 0.717) is 95.9 Å². The van der Waals surface area contributed by atoms with Crippen LogP contribution in [0.2, 0.25) is 0 Å². The molecule has 8 heterocycles. The number of carbonyl (C=O) groups excluding carboxylic acids is 1. The zero-order chi connectivity index (χ0) is 46.4. The number of carbonyl (C=O) groups is 1. The predicted molar refractivity (Wildman–Crippen MR) is 247 cm³/mol. The Morgan fingerprint density at radius 3 is 1.50 bits per heavy atom. The van der Waals surface area contributed by atoms with Crippen molar-refractivity contribution in [1.29, 1.82) is 0 Å². The summed E-state index contributed by atoms with van der Waals surface area (Å²) in [4.78, 5) is 35.1. The Balaban J connectivity index is 0.760. The maximum Gasteiger partial charge on any atom is 0.200 e. The van der Waals surface area contributed by atoms with Gasteiger partial charge in [0.05, 0.1) is 83.5 Å². The minimum atomic E-state index is -0.678. The molecule has 0 radical (unpaired) electrons. The number of imidazole rings is 2. The average Bonchev–Trinajstić information content (AvgIpc) is 4.22. The van der Waals surface area contributed by atoms with E-state index in [4.69, 9.17) is 9.97 Å². The third-order valence-electron chi connectivity index (χ3n) is 12.9. The number of phenols is 2. The summed E-state index contributed by atoms with van der Waals surface area (Å²) < 4.78 is 28.8. The Hall–Kier alpha value is -8.87. The quantitative estimate of drug-likeness (QED) is 0.0712. The maximum atomic E-state index is 14.5. The second kappa shape index (κ2) is 15.6. The smallest absolute Gasteiger partial charge is 0.200 e. The highest BCUT2D eigenvalue weighted by Crippen LogP contribution is 2.38. The van der Waals surface area contributed by atoms with Crippen molar-refractivity contribution in [2.24, 2.45) is 0 Å². The standard InChI is InChI=1S/C49H38F2N14O3/c1-3-23-15-41(66)33(50)17-31(23)25-5-7-27-35(13-25)58-60-43(27)46-54-37-19-64(20-38(37)55-46)48-29(9-11-52-62-48)45(68)30-10-12-53-63-49(30)65-21-39-40(22-65)57-47(56-39)44-28-8-6-26(14-36(28)59-61-44)32-18-34(51)42(67)16-24(32)4-2/h5-18,66-67H,3-4,19-22H2,1-2H3,(H,54,55)(H,56,57)(H,58,60)(H,59,61). The third kappa shape index (κ3) is 6.60. The van der Waals surface area contributed by atoms with Crippen LogP contribution in [0.15, 0.2) is 85.2 Å². The van der Waals surface area contributed by atoms with Gasteiger partial charge in [-0.3, -0.25) is 15.0 Å². The van der Waals surface area contributed by atoms with Gasteiger partial charge in [0.25, 0.3) is 0 Å². The first-order valence-electron chi connectivity index (χ1n) is 22.0. The lowest BCUT2D eigenvalue weighted by molar-refractivity contribution is 0.103. The molecule has 0 amide bonds. The van der Waals surface area contributed by atoms with Gasteiger partial charge in [-0.15, -0.1) is 10.2 Å². The fourth-order valence-corrected chi connectivity index (χ4v) is 9.48. The van der Waals surface area contributed by atoms with E-state index in [-0.39, 0.29) is 17.3 Å². The molecular formula is C49H38F2N14O3. The van der Waals surface area contributed by atoms with Gasteiger partial charge < -0.3 is 30.0 Å². The van der Waals surface area contributed by atoms with Crippen LogP contribution in [0.5, 0.6) is 11.5 Å². The molecular weight excluding hydrogens is 871 g/mol. The van der Waals surface area contributed by atoms with Gasteiger partial charge >= 0.3 is 0 Å². The van der Waals surface area contributed by atoms with Gasteiger partial charge in [0, 0.05) is 10.8 Å². The molecule has 6 aromatic heterocycles. The summed E-state index contributed by atoms with van der Waals surface area (Å²) in [5.41, 5.74) is 11.4. The third-order valence-corrected chi connectivity index (χ3v) is 12.9. The largest absolute Gasteiger partial charge is 0.505 e. The number of halogens is 2. The first kappa shape index (κ1) is 40.6. The molecule has 0 bridgehead atoms. The summed E-state index contributed by atoms with van der Waals surface area (Å²) in [5.74, 6) is -0.415. The molecule has 6 N–H and O–H groups in total. The van der Waals surface area contributed by atoms with Crippen LogP contribution in [-0.2, 0) is 39.0 Å². The second-order valence-electron chi connectivity index (χ2n) is 16.9. The zero-order valence-electron chi connectivity index (χ0n) is 36.4. The van der Waals surface area contributed by atoms with Crippen molar-refractivity contribution in [3.05, 3.63) is 142 Å². The lowest BCUT2D eigenvalue weighted by Crippen LogP contribution is -2.24. The summed E-state index contributed by atoms with van der Waals surface area (Å²) in [6.45, 7) is 5.42. The number of benzene rings is 4. The number of aromatic hydroxyl groups is 2. The molecule has 19 heteroatoms. The normalized spacial score (nSPS) is 13.3. The molecule has 0 saturated carbocycles. The van der Waals surface area contributed by atoms with Gasteiger partial charge in [-0.25, -0.2) is 18.7 Å². The number of hydrogen-bond acceptors (Lipinski definition) is 13. The molecule has 0 fully saturated rings. The first-order valence-corrected chi connectivity index (χ1v) is 22.0. The highest BCUT2D eigenvalue weighted by Gasteiger charge is 2.33. The molecule has 68 heavy (non-hydrogen) atoms. The summed E-state index contributed by atoms with van der Waals surface area (Å²) in [6.07, 6.45) is 4.23. The monoisotopic (exact) mass is 908 g/mol. The molecule has 12 rings (SSSR count). The fraction of sp³-hybridized carbons (Fsp3) is 0.163. The van der Waals surface area contributed by atoms with Crippen LogP contribution in [0.4, 0.5) is 20.4 Å². The molecule has 2 aliphatic heterocycles. The highest BCUT2D eigenvalue weighted by molar-refractivity contribution is 6.14. The van der Waals surface area contributed by atoms with Crippen molar-refractivity contribution in [3.63, 3.8) is 0 Å². The number of fused-ring (bicyclic) bond motifs is 4. The van der Waals surface area contributed by atoms with Crippen molar-refractivity contribution in [2.75, 3.05) is 9.80 Å². The van der Waals surface area contributed by atoms with Gasteiger partial charge in [0.2, 0.25) is 5.78 Å². The number of aryl methyl sites for hydroxylation is 2. The molecule has 17 nitrogen and oxygen atoms in total. The minimum absolute atomic E-state index is 0.292. The van der Waals surface area contributed by atoms with E-state index in [1.807, 2.05) is 60.0 Å². The zero-order valence-corrected chi connectivity index (χ0v) is 36.4. The maximum absolute atomic E-state index is 14.5.